The van der Waals surface area contributed by atoms with Crippen LogP contribution in [0.4, 0.5) is 5.69 Å². The van der Waals surface area contributed by atoms with Gasteiger partial charge in [-0.15, -0.1) is 0 Å². The van der Waals surface area contributed by atoms with Crippen LogP contribution in [0.5, 0.6) is 5.88 Å². The maximum Gasteiger partial charge on any atom is 0.264 e. The number of pyridine rings is 1. The maximum atomic E-state index is 13.3. The van der Waals surface area contributed by atoms with Crippen LogP contribution in [-0.4, -0.2) is 32.5 Å². The zero-order chi connectivity index (χ0) is 22.6. The monoisotopic (exact) mass is 451 g/mol. The molecule has 1 aliphatic rings. The number of ether oxygens (including phenoxy) is 1. The standard InChI is InChI=1S/C24H25N3O4S/c1-2-15-31-24-20(9-6-13-25-24)17-26-23(28)19-8-5-10-21(16-19)32(29,30)27-14-12-18-7-3-4-11-22(18)27/h3-11,13,16H,2,12,14-15,17H2,1H3,(H,26,28). The molecule has 3 aromatic rings. The van der Waals surface area contributed by atoms with Gasteiger partial charge >= 0.3 is 0 Å². The van der Waals surface area contributed by atoms with Crippen LogP contribution in [0.25, 0.3) is 0 Å². The molecule has 0 saturated carbocycles. The quantitative estimate of drug-likeness (QED) is 0.566. The van der Waals surface area contributed by atoms with Crippen LogP contribution < -0.4 is 14.4 Å². The topological polar surface area (TPSA) is 88.6 Å². The van der Waals surface area contributed by atoms with Crippen LogP contribution in [0, 0.1) is 0 Å². The van der Waals surface area contributed by atoms with E-state index in [1.54, 1.807) is 24.4 Å². The largest absolute Gasteiger partial charge is 0.477 e. The molecule has 0 spiro atoms. The number of para-hydroxylation sites is 1. The Bertz CT molecular complexity index is 1230. The Hall–Kier alpha value is -3.39. The van der Waals surface area contributed by atoms with Gasteiger partial charge in [0, 0.05) is 30.4 Å². The van der Waals surface area contributed by atoms with Crippen molar-refractivity contribution in [2.45, 2.75) is 31.2 Å². The van der Waals surface area contributed by atoms with E-state index < -0.39 is 10.0 Å². The molecule has 1 N–H and O–H groups in total. The first-order valence-electron chi connectivity index (χ1n) is 10.6. The van der Waals surface area contributed by atoms with E-state index in [9.17, 15) is 13.2 Å². The second-order valence-corrected chi connectivity index (χ2v) is 9.34. The van der Waals surface area contributed by atoms with E-state index >= 15 is 0 Å². The van der Waals surface area contributed by atoms with Gasteiger partial charge < -0.3 is 10.1 Å². The number of nitrogens with zero attached hydrogens (tertiary/aromatic N) is 2. The van der Waals surface area contributed by atoms with E-state index in [0.29, 0.717) is 31.1 Å². The van der Waals surface area contributed by atoms with Crippen molar-refractivity contribution in [3.63, 3.8) is 0 Å². The predicted molar refractivity (Wildman–Crippen MR) is 122 cm³/mol. The summed E-state index contributed by atoms with van der Waals surface area (Å²) in [5.74, 6) is 0.118. The van der Waals surface area contributed by atoms with Crippen molar-refractivity contribution in [1.82, 2.24) is 10.3 Å². The van der Waals surface area contributed by atoms with Gasteiger partial charge in [0.15, 0.2) is 0 Å². The van der Waals surface area contributed by atoms with E-state index in [2.05, 4.69) is 10.3 Å². The molecule has 7 nitrogen and oxygen atoms in total. The summed E-state index contributed by atoms with van der Waals surface area (Å²) < 4.78 is 33.6. The van der Waals surface area contributed by atoms with Gasteiger partial charge in [-0.2, -0.15) is 0 Å². The van der Waals surface area contributed by atoms with Gasteiger partial charge in [-0.05, 0) is 48.7 Å². The maximum absolute atomic E-state index is 13.3. The highest BCUT2D eigenvalue weighted by Crippen LogP contribution is 2.32. The molecule has 4 rings (SSSR count). The number of amides is 1. The van der Waals surface area contributed by atoms with E-state index in [-0.39, 0.29) is 22.9 Å². The highest BCUT2D eigenvalue weighted by Gasteiger charge is 2.30. The fourth-order valence-corrected chi connectivity index (χ4v) is 5.20. The van der Waals surface area contributed by atoms with Crippen LogP contribution in [0.3, 0.4) is 0 Å². The Kier molecular flexibility index (Phi) is 6.41. The number of rotatable bonds is 8. The summed E-state index contributed by atoms with van der Waals surface area (Å²) in [5, 5.41) is 2.83. The average molecular weight is 452 g/mol. The summed E-state index contributed by atoms with van der Waals surface area (Å²) in [6.45, 7) is 3.16. The molecular formula is C24H25N3O4S. The van der Waals surface area contributed by atoms with Crippen LogP contribution >= 0.6 is 0 Å². The Labute approximate surface area is 188 Å². The first kappa shape index (κ1) is 21.8. The molecule has 1 aromatic heterocycles. The minimum absolute atomic E-state index is 0.0928. The molecule has 0 bridgehead atoms. The number of nitrogens with one attached hydrogen (secondary N) is 1. The highest BCUT2D eigenvalue weighted by molar-refractivity contribution is 7.92. The number of sulfonamides is 1. The van der Waals surface area contributed by atoms with E-state index in [1.165, 1.54) is 16.4 Å². The van der Waals surface area contributed by atoms with Crippen molar-refractivity contribution < 1.29 is 17.9 Å². The molecule has 0 atom stereocenters. The number of benzene rings is 2. The predicted octanol–water partition coefficient (Wildman–Crippen LogP) is 3.55. The Balaban J connectivity index is 1.51. The molecule has 166 valence electrons. The van der Waals surface area contributed by atoms with Gasteiger partial charge in [0.05, 0.1) is 17.2 Å². The Morgan fingerprint density at radius 3 is 2.81 bits per heavy atom. The van der Waals surface area contributed by atoms with Crippen molar-refractivity contribution in [1.29, 1.82) is 0 Å². The Morgan fingerprint density at radius 1 is 1.12 bits per heavy atom. The van der Waals surface area contributed by atoms with Crippen molar-refractivity contribution >= 4 is 21.6 Å². The smallest absolute Gasteiger partial charge is 0.264 e. The summed E-state index contributed by atoms with van der Waals surface area (Å²) in [7, 11) is -3.77. The lowest BCUT2D eigenvalue weighted by atomic mass is 10.2. The lowest BCUT2D eigenvalue weighted by Gasteiger charge is -2.20. The number of hydrogen-bond donors (Lipinski definition) is 1. The lowest BCUT2D eigenvalue weighted by molar-refractivity contribution is 0.0950. The lowest BCUT2D eigenvalue weighted by Crippen LogP contribution is -2.29. The van der Waals surface area contributed by atoms with Gasteiger partial charge in [0.1, 0.15) is 0 Å². The summed E-state index contributed by atoms with van der Waals surface area (Å²) in [4.78, 5) is 17.1. The van der Waals surface area contributed by atoms with E-state index in [4.69, 9.17) is 4.74 Å². The number of anilines is 1. The van der Waals surface area contributed by atoms with Crippen molar-refractivity contribution in [2.24, 2.45) is 0 Å². The third-order valence-electron chi connectivity index (χ3n) is 5.26. The zero-order valence-corrected chi connectivity index (χ0v) is 18.6. The van der Waals surface area contributed by atoms with Crippen LogP contribution in [0.15, 0.2) is 71.8 Å². The van der Waals surface area contributed by atoms with Gasteiger partial charge in [-0.25, -0.2) is 13.4 Å². The summed E-state index contributed by atoms with van der Waals surface area (Å²) in [5.41, 5.74) is 2.73. The fourth-order valence-electron chi connectivity index (χ4n) is 3.65. The van der Waals surface area contributed by atoms with Gasteiger partial charge in [0.2, 0.25) is 5.88 Å². The van der Waals surface area contributed by atoms with Crippen molar-refractivity contribution in [3.8, 4) is 5.88 Å². The fraction of sp³-hybridized carbons (Fsp3) is 0.250. The number of aromatic nitrogens is 1. The molecule has 1 amide bonds. The first-order valence-corrected chi connectivity index (χ1v) is 12.0. The molecule has 2 heterocycles. The average Bonchev–Trinajstić information content (AvgIpc) is 3.27. The van der Waals surface area contributed by atoms with E-state index in [0.717, 1.165) is 17.5 Å². The van der Waals surface area contributed by atoms with Crippen molar-refractivity contribution in [2.75, 3.05) is 17.5 Å². The Morgan fingerprint density at radius 2 is 1.97 bits per heavy atom. The summed E-state index contributed by atoms with van der Waals surface area (Å²) >= 11 is 0. The third-order valence-corrected chi connectivity index (χ3v) is 7.07. The second kappa shape index (κ2) is 9.40. The minimum atomic E-state index is -3.77. The number of hydrogen-bond acceptors (Lipinski definition) is 5. The normalized spacial score (nSPS) is 13.0. The summed E-state index contributed by atoms with van der Waals surface area (Å²) in [6.07, 6.45) is 3.16. The van der Waals surface area contributed by atoms with Crippen LogP contribution in [0.2, 0.25) is 0 Å². The SMILES string of the molecule is CCCOc1ncccc1CNC(=O)c1cccc(S(=O)(=O)N2CCc3ccccc32)c1. The molecule has 0 radical (unpaired) electrons. The van der Waals surface area contributed by atoms with Gasteiger partial charge in [0.25, 0.3) is 15.9 Å². The van der Waals surface area contributed by atoms with Crippen LogP contribution in [0.1, 0.15) is 34.8 Å². The zero-order valence-electron chi connectivity index (χ0n) is 17.8. The molecular weight excluding hydrogens is 426 g/mol. The molecule has 1 aliphatic heterocycles. The van der Waals surface area contributed by atoms with Crippen LogP contribution in [-0.2, 0) is 23.0 Å². The molecule has 0 saturated heterocycles. The molecule has 8 heteroatoms. The molecule has 0 unspecified atom stereocenters. The van der Waals surface area contributed by atoms with Gasteiger partial charge in [-0.3, -0.25) is 9.10 Å². The second-order valence-electron chi connectivity index (χ2n) is 7.48. The molecule has 0 aliphatic carbocycles. The number of carbonyl (C=O) groups is 1. The summed E-state index contributed by atoms with van der Waals surface area (Å²) in [6, 6.07) is 17.2. The highest BCUT2D eigenvalue weighted by atomic mass is 32.2. The number of fused-ring (bicyclic) bond motifs is 1. The minimum Gasteiger partial charge on any atom is -0.477 e. The third kappa shape index (κ3) is 4.45. The first-order chi connectivity index (χ1) is 15.5. The molecule has 0 fully saturated rings. The van der Waals surface area contributed by atoms with Crippen molar-refractivity contribution in [3.05, 3.63) is 83.6 Å². The number of carbonyl (C=O) groups excluding carboxylic acids is 1. The van der Waals surface area contributed by atoms with E-state index in [1.807, 2.05) is 37.3 Å². The molecule has 32 heavy (non-hydrogen) atoms. The van der Waals surface area contributed by atoms with Gasteiger partial charge in [-0.1, -0.05) is 37.3 Å². The molecule has 2 aromatic carbocycles.